The Labute approximate surface area is 220 Å². The summed E-state index contributed by atoms with van der Waals surface area (Å²) in [6, 6.07) is 25.1. The molecule has 0 aliphatic heterocycles. The Balaban J connectivity index is 1.87. The molecule has 1 N–H and O–H groups in total. The highest BCUT2D eigenvalue weighted by atomic mass is 35.5. The van der Waals surface area contributed by atoms with Gasteiger partial charge < -0.3 is 10.2 Å². The third-order valence-electron chi connectivity index (χ3n) is 6.28. The van der Waals surface area contributed by atoms with Crippen molar-refractivity contribution in [2.45, 2.75) is 59.0 Å². The van der Waals surface area contributed by atoms with E-state index in [1.165, 1.54) is 5.56 Å². The first kappa shape index (κ1) is 27.5. The molecule has 3 aromatic carbocycles. The molecule has 0 aliphatic rings. The summed E-state index contributed by atoms with van der Waals surface area (Å²) >= 11 is 6.10. The van der Waals surface area contributed by atoms with E-state index >= 15 is 0 Å². The highest BCUT2D eigenvalue weighted by Gasteiger charge is 2.30. The molecule has 4 nitrogen and oxygen atoms in total. The van der Waals surface area contributed by atoms with Crippen LogP contribution < -0.4 is 5.32 Å². The minimum atomic E-state index is -0.614. The molecule has 0 saturated carbocycles. The van der Waals surface area contributed by atoms with Gasteiger partial charge in [0.25, 0.3) is 0 Å². The van der Waals surface area contributed by atoms with Gasteiger partial charge in [0.05, 0.1) is 0 Å². The van der Waals surface area contributed by atoms with Crippen LogP contribution in [0.4, 0.5) is 0 Å². The van der Waals surface area contributed by atoms with E-state index in [-0.39, 0.29) is 11.8 Å². The molecule has 190 valence electrons. The summed E-state index contributed by atoms with van der Waals surface area (Å²) in [6.45, 7) is 7.17. The number of carbonyl (C=O) groups excluding carboxylic acids is 2. The van der Waals surface area contributed by atoms with Crippen molar-refractivity contribution in [3.8, 4) is 0 Å². The second-order valence-corrected chi connectivity index (χ2v) is 10.1. The first-order chi connectivity index (χ1) is 17.4. The quantitative estimate of drug-likeness (QED) is 0.317. The number of hydrogen-bond acceptors (Lipinski definition) is 2. The van der Waals surface area contributed by atoms with Crippen molar-refractivity contribution in [2.24, 2.45) is 5.92 Å². The van der Waals surface area contributed by atoms with E-state index in [0.717, 1.165) is 23.1 Å². The van der Waals surface area contributed by atoms with Crippen molar-refractivity contribution < 1.29 is 9.59 Å². The van der Waals surface area contributed by atoms with Gasteiger partial charge in [-0.2, -0.15) is 0 Å². The third-order valence-corrected chi connectivity index (χ3v) is 6.53. The van der Waals surface area contributed by atoms with Gasteiger partial charge in [0.15, 0.2) is 0 Å². The highest BCUT2D eigenvalue weighted by Crippen LogP contribution is 2.19. The average Bonchev–Trinajstić information content (AvgIpc) is 2.89. The number of nitrogens with zero attached hydrogens (tertiary/aromatic N) is 1. The molecule has 0 fully saturated rings. The summed E-state index contributed by atoms with van der Waals surface area (Å²) in [5.41, 5.74) is 4.36. The Bertz CT molecular complexity index is 1100. The summed E-state index contributed by atoms with van der Waals surface area (Å²) in [7, 11) is 0. The zero-order valence-electron chi connectivity index (χ0n) is 21.5. The number of halogens is 1. The lowest BCUT2D eigenvalue weighted by Crippen LogP contribution is -2.51. The van der Waals surface area contributed by atoms with Crippen LogP contribution in [0.1, 0.15) is 49.4 Å². The fraction of sp³-hybridized carbons (Fsp3) is 0.355. The maximum absolute atomic E-state index is 13.7. The van der Waals surface area contributed by atoms with Gasteiger partial charge in [0.1, 0.15) is 6.04 Å². The fourth-order valence-electron chi connectivity index (χ4n) is 4.10. The van der Waals surface area contributed by atoms with Crippen LogP contribution in [0.5, 0.6) is 0 Å². The minimum absolute atomic E-state index is 0.0369. The van der Waals surface area contributed by atoms with E-state index in [2.05, 4.69) is 50.4 Å². The SMILES string of the molecule is CCc1ccc(CCC(=O)N(Cc2ccc(Cl)cc2)[C@@H](Cc2ccccc2)C(=O)NCC(C)C)cc1. The topological polar surface area (TPSA) is 49.4 Å². The molecule has 0 spiro atoms. The molecule has 3 rings (SSSR count). The van der Waals surface area contributed by atoms with Gasteiger partial charge in [-0.15, -0.1) is 0 Å². The van der Waals surface area contributed by atoms with Crippen molar-refractivity contribution >= 4 is 23.4 Å². The van der Waals surface area contributed by atoms with Crippen LogP contribution >= 0.6 is 11.6 Å². The van der Waals surface area contributed by atoms with Gasteiger partial charge >= 0.3 is 0 Å². The molecule has 0 unspecified atom stereocenters. The Hall–Kier alpha value is -3.11. The van der Waals surface area contributed by atoms with Crippen LogP contribution in [0.3, 0.4) is 0 Å². The summed E-state index contributed by atoms with van der Waals surface area (Å²) < 4.78 is 0. The first-order valence-corrected chi connectivity index (χ1v) is 13.2. The zero-order chi connectivity index (χ0) is 25.9. The Morgan fingerprint density at radius 2 is 1.44 bits per heavy atom. The summed E-state index contributed by atoms with van der Waals surface area (Å²) in [5.74, 6) is 0.158. The number of aryl methyl sites for hydroxylation is 2. The van der Waals surface area contributed by atoms with Crippen LogP contribution in [-0.4, -0.2) is 29.3 Å². The van der Waals surface area contributed by atoms with Crippen molar-refractivity contribution in [3.63, 3.8) is 0 Å². The number of benzene rings is 3. The standard InChI is InChI=1S/C31H37ClN2O2/c1-4-24-10-12-25(13-11-24)16-19-30(35)34(22-27-14-17-28(32)18-15-27)29(31(36)33-21-23(2)3)20-26-8-6-5-7-9-26/h5-15,17-18,23,29H,4,16,19-22H2,1-3H3,(H,33,36)/t29-/m0/s1. The van der Waals surface area contributed by atoms with Crippen molar-refractivity contribution in [3.05, 3.63) is 106 Å². The van der Waals surface area contributed by atoms with Gasteiger partial charge in [-0.05, 0) is 53.1 Å². The minimum Gasteiger partial charge on any atom is -0.354 e. The molecule has 0 bridgehead atoms. The summed E-state index contributed by atoms with van der Waals surface area (Å²) in [4.78, 5) is 28.9. The predicted molar refractivity (Wildman–Crippen MR) is 148 cm³/mol. The van der Waals surface area contributed by atoms with E-state index in [1.807, 2.05) is 54.6 Å². The normalized spacial score (nSPS) is 11.8. The first-order valence-electron chi connectivity index (χ1n) is 12.8. The monoisotopic (exact) mass is 504 g/mol. The number of hydrogen-bond donors (Lipinski definition) is 1. The van der Waals surface area contributed by atoms with Crippen LogP contribution in [-0.2, 0) is 35.4 Å². The summed E-state index contributed by atoms with van der Waals surface area (Å²) in [5, 5.41) is 3.71. The molecule has 0 saturated heterocycles. The van der Waals surface area contributed by atoms with Crippen molar-refractivity contribution in [2.75, 3.05) is 6.54 Å². The Kier molecular flexibility index (Phi) is 10.6. The molecule has 0 aromatic heterocycles. The molecule has 0 radical (unpaired) electrons. The van der Waals surface area contributed by atoms with Crippen molar-refractivity contribution in [1.82, 2.24) is 10.2 Å². The van der Waals surface area contributed by atoms with E-state index in [9.17, 15) is 9.59 Å². The molecular weight excluding hydrogens is 468 g/mol. The number of carbonyl (C=O) groups is 2. The van der Waals surface area contributed by atoms with Crippen LogP contribution in [0.15, 0.2) is 78.9 Å². The van der Waals surface area contributed by atoms with E-state index in [1.54, 1.807) is 4.90 Å². The number of nitrogens with one attached hydrogen (secondary N) is 1. The van der Waals surface area contributed by atoms with Gasteiger partial charge in [-0.25, -0.2) is 0 Å². The average molecular weight is 505 g/mol. The molecule has 3 aromatic rings. The van der Waals surface area contributed by atoms with E-state index in [0.29, 0.717) is 43.3 Å². The van der Waals surface area contributed by atoms with Gasteiger partial charge in [-0.1, -0.05) is 99.1 Å². The van der Waals surface area contributed by atoms with Crippen LogP contribution in [0.25, 0.3) is 0 Å². The number of rotatable bonds is 12. The van der Waals surface area contributed by atoms with E-state index in [4.69, 9.17) is 11.6 Å². The highest BCUT2D eigenvalue weighted by molar-refractivity contribution is 6.30. The Morgan fingerprint density at radius 3 is 2.06 bits per heavy atom. The molecule has 2 amide bonds. The van der Waals surface area contributed by atoms with Gasteiger partial charge in [-0.3, -0.25) is 9.59 Å². The lowest BCUT2D eigenvalue weighted by atomic mass is 10.0. The lowest BCUT2D eigenvalue weighted by molar-refractivity contribution is -0.141. The molecule has 0 aliphatic carbocycles. The largest absolute Gasteiger partial charge is 0.354 e. The van der Waals surface area contributed by atoms with Gasteiger partial charge in [0, 0.05) is 31.0 Å². The Morgan fingerprint density at radius 1 is 0.833 bits per heavy atom. The molecule has 1 atom stereocenters. The fourth-order valence-corrected chi connectivity index (χ4v) is 4.23. The second-order valence-electron chi connectivity index (χ2n) is 9.66. The van der Waals surface area contributed by atoms with Crippen molar-refractivity contribution in [1.29, 1.82) is 0 Å². The third kappa shape index (κ3) is 8.53. The smallest absolute Gasteiger partial charge is 0.243 e. The van der Waals surface area contributed by atoms with Crippen LogP contribution in [0.2, 0.25) is 5.02 Å². The maximum Gasteiger partial charge on any atom is 0.243 e. The lowest BCUT2D eigenvalue weighted by Gasteiger charge is -2.32. The maximum atomic E-state index is 13.7. The second kappa shape index (κ2) is 13.8. The number of amides is 2. The predicted octanol–water partition coefficient (Wildman–Crippen LogP) is 6.25. The summed E-state index contributed by atoms with van der Waals surface area (Å²) in [6.07, 6.45) is 2.41. The van der Waals surface area contributed by atoms with Gasteiger partial charge in [0.2, 0.25) is 11.8 Å². The molecule has 0 heterocycles. The van der Waals surface area contributed by atoms with E-state index < -0.39 is 6.04 Å². The molecule has 36 heavy (non-hydrogen) atoms. The van der Waals surface area contributed by atoms with Crippen LogP contribution in [0, 0.1) is 5.92 Å². The zero-order valence-corrected chi connectivity index (χ0v) is 22.3. The molecule has 5 heteroatoms. The molecular formula is C31H37ClN2O2.